The van der Waals surface area contributed by atoms with E-state index in [0.717, 1.165) is 0 Å². The van der Waals surface area contributed by atoms with Crippen LogP contribution in [0.2, 0.25) is 0 Å². The zero-order valence-electron chi connectivity index (χ0n) is 4.53. The van der Waals surface area contributed by atoms with E-state index in [9.17, 15) is 0 Å². The summed E-state index contributed by atoms with van der Waals surface area (Å²) in [4.78, 5) is 0. The van der Waals surface area contributed by atoms with E-state index in [4.69, 9.17) is 17.5 Å². The Labute approximate surface area is 91.3 Å². The summed E-state index contributed by atoms with van der Waals surface area (Å²) in [7, 11) is -4.67. The monoisotopic (exact) mass is 160 g/mol. The normalized spacial score (nSPS) is 7.25. The van der Waals surface area contributed by atoms with E-state index < -0.39 is 10.4 Å². The van der Waals surface area contributed by atoms with Gasteiger partial charge in [0.1, 0.15) is 0 Å². The molecule has 2 N–H and O–H groups in total. The molecule has 0 amide bonds. The molecule has 5 nitrogen and oxygen atoms in total. The predicted octanol–water partition coefficient (Wildman–Crippen LogP) is -6.76. The summed E-state index contributed by atoms with van der Waals surface area (Å²) in [6, 6.07) is 0. The molecule has 0 aliphatic heterocycles. The molecule has 0 heterocycles. The fourth-order valence-corrected chi connectivity index (χ4v) is 0. The molecule has 0 rings (SSSR count). The van der Waals surface area contributed by atoms with Gasteiger partial charge in [0.2, 0.25) is 0 Å². The molecule has 0 fully saturated rings. The fraction of sp³-hybridized carbons (Fsp3) is 0. The first-order chi connectivity index (χ1) is 2.00. The summed E-state index contributed by atoms with van der Waals surface area (Å²) in [6.07, 6.45) is 0. The van der Waals surface area contributed by atoms with Crippen molar-refractivity contribution in [2.24, 2.45) is 0 Å². The minimum absolute atomic E-state index is 0. The summed E-state index contributed by atoms with van der Waals surface area (Å²) >= 11 is 0. The minimum atomic E-state index is -4.67. The van der Waals surface area contributed by atoms with Gasteiger partial charge in [-0.1, -0.05) is 0 Å². The molecule has 0 bridgehead atoms. The molecule has 8 heavy (non-hydrogen) atoms. The van der Waals surface area contributed by atoms with Crippen molar-refractivity contribution in [3.63, 3.8) is 0 Å². The van der Waals surface area contributed by atoms with E-state index in [1.165, 1.54) is 0 Å². The first-order valence-corrected chi connectivity index (χ1v) is 2.10. The standard InChI is InChI=1S/2Na.H2O4S.O/c;;1-5(2,3)4;/h;;(H2,1,2,3,4);/q2*+1;;-2. The van der Waals surface area contributed by atoms with Crippen LogP contribution in [0.4, 0.5) is 0 Å². The first kappa shape index (κ1) is 22.5. The zero-order valence-corrected chi connectivity index (χ0v) is 9.34. The Morgan fingerprint density at radius 2 is 1.00 bits per heavy atom. The van der Waals surface area contributed by atoms with Crippen molar-refractivity contribution in [1.29, 1.82) is 0 Å². The van der Waals surface area contributed by atoms with Crippen LogP contribution in [-0.2, 0) is 15.9 Å². The maximum atomic E-state index is 8.74. The summed E-state index contributed by atoms with van der Waals surface area (Å²) in [6.45, 7) is 0. The van der Waals surface area contributed by atoms with Gasteiger partial charge in [0.15, 0.2) is 0 Å². The van der Waals surface area contributed by atoms with Gasteiger partial charge in [-0.3, -0.25) is 9.11 Å². The molecule has 40 valence electrons. The SMILES string of the molecule is O=S(=O)(O)O.[Na+].[Na+].[O-2]. The summed E-state index contributed by atoms with van der Waals surface area (Å²) in [5.74, 6) is 0. The molecular weight excluding hydrogens is 158 g/mol. The second kappa shape index (κ2) is 8.83. The Morgan fingerprint density at radius 1 is 1.00 bits per heavy atom. The molecule has 0 saturated heterocycles. The van der Waals surface area contributed by atoms with E-state index in [1.54, 1.807) is 0 Å². The van der Waals surface area contributed by atoms with Crippen LogP contribution in [0.15, 0.2) is 0 Å². The zero-order chi connectivity index (χ0) is 4.50. The Kier molecular flexibility index (Phi) is 24.9. The van der Waals surface area contributed by atoms with Gasteiger partial charge >= 0.3 is 69.5 Å². The van der Waals surface area contributed by atoms with Crippen LogP contribution in [0.3, 0.4) is 0 Å². The van der Waals surface area contributed by atoms with Gasteiger partial charge in [-0.15, -0.1) is 0 Å². The number of hydrogen-bond donors (Lipinski definition) is 2. The molecule has 8 heteroatoms. The topological polar surface area (TPSA) is 103 Å². The molecule has 0 aromatic carbocycles. The summed E-state index contributed by atoms with van der Waals surface area (Å²) in [5, 5.41) is 0. The van der Waals surface area contributed by atoms with Crippen LogP contribution >= 0.6 is 0 Å². The van der Waals surface area contributed by atoms with Gasteiger partial charge in [-0.25, -0.2) is 0 Å². The van der Waals surface area contributed by atoms with E-state index in [0.29, 0.717) is 0 Å². The molecule has 0 aromatic heterocycles. The minimum Gasteiger partial charge on any atom is -2.00 e. The van der Waals surface area contributed by atoms with Gasteiger partial charge < -0.3 is 5.48 Å². The Bertz CT molecular complexity index is 93.6. The first-order valence-electron chi connectivity index (χ1n) is 0.698. The van der Waals surface area contributed by atoms with Crippen molar-refractivity contribution >= 4 is 10.4 Å². The van der Waals surface area contributed by atoms with Gasteiger partial charge in [-0.2, -0.15) is 8.42 Å². The van der Waals surface area contributed by atoms with E-state index in [-0.39, 0.29) is 64.6 Å². The van der Waals surface area contributed by atoms with Crippen molar-refractivity contribution in [3.05, 3.63) is 0 Å². The molecule has 0 saturated carbocycles. The summed E-state index contributed by atoms with van der Waals surface area (Å²) < 4.78 is 31.6. The van der Waals surface area contributed by atoms with E-state index in [2.05, 4.69) is 0 Å². The number of hydrogen-bond acceptors (Lipinski definition) is 2. The van der Waals surface area contributed by atoms with Gasteiger partial charge in [-0.05, 0) is 0 Å². The van der Waals surface area contributed by atoms with Crippen LogP contribution in [0.1, 0.15) is 0 Å². The third-order valence-electron chi connectivity index (χ3n) is 0. The van der Waals surface area contributed by atoms with Crippen molar-refractivity contribution < 1.29 is 82.1 Å². The molecule has 0 aliphatic rings. The van der Waals surface area contributed by atoms with E-state index >= 15 is 0 Å². The van der Waals surface area contributed by atoms with Crippen molar-refractivity contribution in [1.82, 2.24) is 0 Å². The van der Waals surface area contributed by atoms with Gasteiger partial charge in [0, 0.05) is 0 Å². The van der Waals surface area contributed by atoms with Gasteiger partial charge in [0.05, 0.1) is 0 Å². The molecule has 0 atom stereocenters. The van der Waals surface area contributed by atoms with Crippen LogP contribution < -0.4 is 59.1 Å². The third kappa shape index (κ3) is 109. The Morgan fingerprint density at radius 3 is 1.00 bits per heavy atom. The molecule has 0 aromatic rings. The second-order valence-electron chi connectivity index (χ2n) is 0.448. The molecule has 0 aliphatic carbocycles. The van der Waals surface area contributed by atoms with Crippen LogP contribution in [0.25, 0.3) is 0 Å². The maximum absolute atomic E-state index is 8.74. The molecule has 0 radical (unpaired) electrons. The van der Waals surface area contributed by atoms with Crippen molar-refractivity contribution in [3.8, 4) is 0 Å². The Balaban J connectivity index is -0.0000000267. The number of rotatable bonds is 0. The van der Waals surface area contributed by atoms with Crippen LogP contribution in [0, 0.1) is 0 Å². The smallest absolute Gasteiger partial charge is 1.00 e. The quantitative estimate of drug-likeness (QED) is 0.271. The Hall–Kier alpha value is 1.83. The largest absolute Gasteiger partial charge is 2.00 e. The fourth-order valence-electron chi connectivity index (χ4n) is 0. The summed E-state index contributed by atoms with van der Waals surface area (Å²) in [5.41, 5.74) is 0. The van der Waals surface area contributed by atoms with Gasteiger partial charge in [0.25, 0.3) is 0 Å². The average molecular weight is 160 g/mol. The van der Waals surface area contributed by atoms with Crippen LogP contribution in [0.5, 0.6) is 0 Å². The molecular formula is H2Na2O5S. The predicted molar refractivity (Wildman–Crippen MR) is 14.9 cm³/mol. The second-order valence-corrected chi connectivity index (χ2v) is 1.34. The van der Waals surface area contributed by atoms with Crippen molar-refractivity contribution in [2.75, 3.05) is 0 Å². The molecule has 0 unspecified atom stereocenters. The maximum Gasteiger partial charge on any atom is 1.00 e. The van der Waals surface area contributed by atoms with Crippen molar-refractivity contribution in [2.45, 2.75) is 0 Å². The third-order valence-corrected chi connectivity index (χ3v) is 0. The average Bonchev–Trinajstić information content (AvgIpc) is 0.722. The van der Waals surface area contributed by atoms with Crippen LogP contribution in [-0.4, -0.2) is 17.5 Å². The molecule has 0 spiro atoms. The van der Waals surface area contributed by atoms with E-state index in [1.807, 2.05) is 0 Å².